The maximum absolute atomic E-state index is 11.2. The first-order valence-electron chi connectivity index (χ1n) is 13.8. The van der Waals surface area contributed by atoms with Gasteiger partial charge in [-0.15, -0.1) is 0 Å². The number of nitrogens with zero attached hydrogens (tertiary/aromatic N) is 1. The molecule has 4 N–H and O–H groups in total. The molecule has 4 fully saturated rings. The zero-order valence-corrected chi connectivity index (χ0v) is 21.9. The van der Waals surface area contributed by atoms with E-state index in [1.54, 1.807) is 0 Å². The van der Waals surface area contributed by atoms with E-state index in [2.05, 4.69) is 34.6 Å². The Kier molecular flexibility index (Phi) is 5.99. The molecular formula is C28H47NO5. The number of rotatable bonds is 5. The molecule has 6 heteroatoms. The van der Waals surface area contributed by atoms with Crippen LogP contribution in [-0.4, -0.2) is 62.9 Å². The second-order valence-electron chi connectivity index (χ2n) is 13.6. The first-order valence-corrected chi connectivity index (χ1v) is 13.8. The van der Waals surface area contributed by atoms with Crippen LogP contribution in [0.3, 0.4) is 0 Å². The lowest BCUT2D eigenvalue weighted by molar-refractivity contribution is -0.126. The predicted octanol–water partition coefficient (Wildman–Crippen LogP) is 3.40. The average molecular weight is 478 g/mol. The summed E-state index contributed by atoms with van der Waals surface area (Å²) < 4.78 is 6.32. The Hall–Kier alpha value is -0.690. The van der Waals surface area contributed by atoms with Gasteiger partial charge in [0.15, 0.2) is 0 Å². The van der Waals surface area contributed by atoms with Gasteiger partial charge in [-0.2, -0.15) is 0 Å². The molecule has 1 saturated heterocycles. The number of hydrogen-bond donors (Lipinski definition) is 4. The van der Waals surface area contributed by atoms with E-state index in [0.717, 1.165) is 31.6 Å². The Balaban J connectivity index is 1.39. The summed E-state index contributed by atoms with van der Waals surface area (Å²) in [5, 5.41) is 43.2. The molecule has 6 nitrogen and oxygen atoms in total. The molecule has 2 heterocycles. The van der Waals surface area contributed by atoms with E-state index in [0.29, 0.717) is 49.0 Å². The lowest BCUT2D eigenvalue weighted by Gasteiger charge is -2.56. The molecule has 1 spiro atoms. The molecular weight excluding hydrogens is 430 g/mol. The molecule has 5 rings (SSSR count). The van der Waals surface area contributed by atoms with Crippen molar-refractivity contribution >= 4 is 5.90 Å². The number of aliphatic hydroxyl groups excluding tert-OH is 4. The standard InChI is InChI=1S/C28H47NO5/c1-14(2)15(3)23(32)24(33)16(4)18-7-8-19-17-13-34-25-28(29-25)12-22(31)21(30)11-27(28,6)20(17)9-10-26(18,19)5/h14-24,30-33H,7-13H2,1-6H3/t15-,16-,17?,18?,19?,20?,21+,22-,23+,24+,26?,27?,28-/m0/s1. The zero-order valence-electron chi connectivity index (χ0n) is 21.9. The van der Waals surface area contributed by atoms with Crippen molar-refractivity contribution < 1.29 is 25.2 Å². The fourth-order valence-corrected chi connectivity index (χ4v) is 9.32. The summed E-state index contributed by atoms with van der Waals surface area (Å²) in [5.74, 6) is 2.91. The minimum absolute atomic E-state index is 0.0424. The van der Waals surface area contributed by atoms with E-state index in [4.69, 9.17) is 9.73 Å². The van der Waals surface area contributed by atoms with Crippen molar-refractivity contribution in [3.05, 3.63) is 0 Å². The molecule has 0 aromatic rings. The van der Waals surface area contributed by atoms with Crippen LogP contribution in [-0.2, 0) is 4.74 Å². The average Bonchev–Trinajstić information content (AvgIpc) is 3.39. The Morgan fingerprint density at radius 3 is 2.26 bits per heavy atom. The van der Waals surface area contributed by atoms with Gasteiger partial charge in [0.1, 0.15) is 5.54 Å². The second kappa shape index (κ2) is 8.16. The van der Waals surface area contributed by atoms with Gasteiger partial charge in [0, 0.05) is 11.8 Å². The first-order chi connectivity index (χ1) is 15.9. The minimum Gasteiger partial charge on any atom is -0.479 e. The monoisotopic (exact) mass is 477 g/mol. The van der Waals surface area contributed by atoms with Gasteiger partial charge in [-0.1, -0.05) is 41.5 Å². The van der Waals surface area contributed by atoms with Crippen LogP contribution in [0.5, 0.6) is 0 Å². The van der Waals surface area contributed by atoms with Crippen LogP contribution in [0, 0.1) is 52.3 Å². The highest BCUT2D eigenvalue weighted by molar-refractivity contribution is 6.00. The van der Waals surface area contributed by atoms with Crippen LogP contribution >= 0.6 is 0 Å². The molecule has 0 bridgehead atoms. The molecule has 6 unspecified atom stereocenters. The van der Waals surface area contributed by atoms with Gasteiger partial charge in [0.05, 0.1) is 31.0 Å². The van der Waals surface area contributed by atoms with Gasteiger partial charge in [-0.25, -0.2) is 4.99 Å². The molecule has 34 heavy (non-hydrogen) atoms. The summed E-state index contributed by atoms with van der Waals surface area (Å²) >= 11 is 0. The van der Waals surface area contributed by atoms with Crippen molar-refractivity contribution in [3.8, 4) is 0 Å². The smallest absolute Gasteiger partial charge is 0.213 e. The Morgan fingerprint density at radius 1 is 0.912 bits per heavy atom. The molecule has 2 aliphatic heterocycles. The van der Waals surface area contributed by atoms with Crippen molar-refractivity contribution in [3.63, 3.8) is 0 Å². The van der Waals surface area contributed by atoms with E-state index in [9.17, 15) is 20.4 Å². The third-order valence-corrected chi connectivity index (χ3v) is 12.0. The molecule has 13 atom stereocenters. The van der Waals surface area contributed by atoms with Gasteiger partial charge in [-0.05, 0) is 78.9 Å². The van der Waals surface area contributed by atoms with Crippen molar-refractivity contribution in [2.45, 2.75) is 110 Å². The van der Waals surface area contributed by atoms with Gasteiger partial charge in [-0.3, -0.25) is 0 Å². The Bertz CT molecular complexity index is 832. The highest BCUT2D eigenvalue weighted by Crippen LogP contribution is 2.69. The molecule has 0 radical (unpaired) electrons. The number of aliphatic imine (C=N–C) groups is 1. The van der Waals surface area contributed by atoms with Crippen molar-refractivity contribution in [2.75, 3.05) is 6.61 Å². The van der Waals surface area contributed by atoms with Gasteiger partial charge in [0.25, 0.3) is 0 Å². The molecule has 3 aliphatic carbocycles. The largest absolute Gasteiger partial charge is 0.479 e. The van der Waals surface area contributed by atoms with E-state index in [-0.39, 0.29) is 22.7 Å². The highest BCUT2D eigenvalue weighted by atomic mass is 16.5. The fourth-order valence-electron chi connectivity index (χ4n) is 9.32. The van der Waals surface area contributed by atoms with Gasteiger partial charge >= 0.3 is 0 Å². The van der Waals surface area contributed by atoms with Crippen molar-refractivity contribution in [1.82, 2.24) is 0 Å². The molecule has 0 aromatic carbocycles. The predicted molar refractivity (Wildman–Crippen MR) is 131 cm³/mol. The summed E-state index contributed by atoms with van der Waals surface area (Å²) in [7, 11) is 0. The third kappa shape index (κ3) is 3.30. The quantitative estimate of drug-likeness (QED) is 0.486. The highest BCUT2D eigenvalue weighted by Gasteiger charge is 2.72. The van der Waals surface area contributed by atoms with Crippen LogP contribution in [0.15, 0.2) is 4.99 Å². The third-order valence-electron chi connectivity index (χ3n) is 12.0. The molecule has 0 amide bonds. The van der Waals surface area contributed by atoms with Crippen LogP contribution < -0.4 is 0 Å². The number of hydrogen-bond acceptors (Lipinski definition) is 6. The molecule has 0 aromatic heterocycles. The minimum atomic E-state index is -0.735. The van der Waals surface area contributed by atoms with E-state index >= 15 is 0 Å². The lowest BCUT2D eigenvalue weighted by Crippen LogP contribution is -2.58. The van der Waals surface area contributed by atoms with Crippen LogP contribution in [0.25, 0.3) is 0 Å². The summed E-state index contributed by atoms with van der Waals surface area (Å²) in [6.07, 6.45) is 2.57. The summed E-state index contributed by atoms with van der Waals surface area (Å²) in [6.45, 7) is 13.8. The normalized spacial score (nSPS) is 51.0. The molecule has 3 saturated carbocycles. The molecule has 194 valence electrons. The fraction of sp³-hybridized carbons (Fsp3) is 0.964. The first kappa shape index (κ1) is 25.0. The van der Waals surface area contributed by atoms with Gasteiger partial charge in [0.2, 0.25) is 5.90 Å². The molecule has 5 aliphatic rings. The van der Waals surface area contributed by atoms with Crippen LogP contribution in [0.1, 0.15) is 80.1 Å². The maximum Gasteiger partial charge on any atom is 0.213 e. The SMILES string of the molecule is CC(C)[C@H](C)[C@@H](O)[C@H](O)[C@@H](C)C1CCC2C3COC4=N[C@@]45C[C@H](O)[C@H](O)CC5(C)C3CCC21C. The van der Waals surface area contributed by atoms with Crippen molar-refractivity contribution in [1.29, 1.82) is 0 Å². The van der Waals surface area contributed by atoms with Crippen LogP contribution in [0.4, 0.5) is 0 Å². The Labute approximate surface area is 205 Å². The number of aliphatic hydroxyl groups is 4. The van der Waals surface area contributed by atoms with E-state index in [1.165, 1.54) is 0 Å². The van der Waals surface area contributed by atoms with E-state index in [1.807, 2.05) is 6.92 Å². The van der Waals surface area contributed by atoms with Gasteiger partial charge < -0.3 is 25.2 Å². The summed E-state index contributed by atoms with van der Waals surface area (Å²) in [5.41, 5.74) is -0.495. The van der Waals surface area contributed by atoms with E-state index < -0.39 is 30.0 Å². The lowest BCUT2D eigenvalue weighted by atomic mass is 9.47. The second-order valence-corrected chi connectivity index (χ2v) is 13.6. The van der Waals surface area contributed by atoms with Crippen LogP contribution in [0.2, 0.25) is 0 Å². The summed E-state index contributed by atoms with van der Waals surface area (Å²) in [6, 6.07) is 0. The topological polar surface area (TPSA) is 103 Å². The maximum atomic E-state index is 11.2. The Morgan fingerprint density at radius 2 is 1.59 bits per heavy atom. The number of fused-ring (bicyclic) bond motifs is 4. The zero-order chi connectivity index (χ0) is 24.8. The number of ether oxygens (including phenoxy) is 1. The summed E-state index contributed by atoms with van der Waals surface area (Å²) in [4.78, 5) is 4.80. The van der Waals surface area contributed by atoms with Crippen molar-refractivity contribution in [2.24, 2.45) is 57.2 Å².